The van der Waals surface area contributed by atoms with Crippen LogP contribution in [0.3, 0.4) is 0 Å². The van der Waals surface area contributed by atoms with E-state index in [-0.39, 0.29) is 23.7 Å². The third-order valence-corrected chi connectivity index (χ3v) is 3.88. The normalized spacial score (nSPS) is 10.5. The van der Waals surface area contributed by atoms with Crippen LogP contribution in [0.25, 0.3) is 0 Å². The van der Waals surface area contributed by atoms with Crippen LogP contribution in [0.4, 0.5) is 0 Å². The molecular weight excluding hydrogens is 304 g/mol. The lowest BCUT2D eigenvalue weighted by molar-refractivity contribution is 0.0911. The minimum atomic E-state index is -0.656. The Hall–Kier alpha value is -2.27. The summed E-state index contributed by atoms with van der Waals surface area (Å²) in [5.74, 6) is -0.571. The number of primary amides is 1. The Kier molecular flexibility index (Phi) is 4.56. The highest BCUT2D eigenvalue weighted by Crippen LogP contribution is 2.23. The quantitative estimate of drug-likeness (QED) is 0.861. The fraction of sp³-hybridized carbons (Fsp3) is 0.250. The van der Waals surface area contributed by atoms with Crippen LogP contribution in [0, 0.1) is 13.8 Å². The highest BCUT2D eigenvalue weighted by molar-refractivity contribution is 6.31. The second-order valence-corrected chi connectivity index (χ2v) is 5.50. The molecule has 0 aliphatic rings. The van der Waals surface area contributed by atoms with Crippen molar-refractivity contribution < 1.29 is 14.3 Å². The first-order chi connectivity index (χ1) is 10.3. The van der Waals surface area contributed by atoms with E-state index in [0.29, 0.717) is 10.6 Å². The fourth-order valence-electron chi connectivity index (χ4n) is 2.18. The number of nitrogens with two attached hydrogens (primary N) is 1. The number of hydrogen-bond acceptors (Lipinski definition) is 3. The number of hydrogen-bond donors (Lipinski definition) is 1. The van der Waals surface area contributed by atoms with Crippen LogP contribution in [0.2, 0.25) is 5.02 Å². The molecule has 2 rings (SSSR count). The standard InChI is InChI=1S/C16H17ClN2O3/c1-9-6-12(10(2)19(9)3)14(20)8-22-15-5-4-11(17)7-13(15)16(18)21/h4-7H,8H2,1-3H3,(H2,18,21). The molecule has 0 unspecified atom stereocenters. The summed E-state index contributed by atoms with van der Waals surface area (Å²) < 4.78 is 7.39. The number of ether oxygens (including phenoxy) is 1. The van der Waals surface area contributed by atoms with Gasteiger partial charge in [-0.2, -0.15) is 0 Å². The molecule has 0 aliphatic heterocycles. The number of aryl methyl sites for hydroxylation is 1. The minimum absolute atomic E-state index is 0.154. The van der Waals surface area contributed by atoms with Gasteiger partial charge in [0.25, 0.3) is 5.91 Å². The number of Topliss-reactive ketones (excluding diaryl/α,β-unsaturated/α-hetero) is 1. The summed E-state index contributed by atoms with van der Waals surface area (Å²) >= 11 is 5.83. The van der Waals surface area contributed by atoms with Crippen LogP contribution < -0.4 is 10.5 Å². The molecule has 5 nitrogen and oxygen atoms in total. The van der Waals surface area contributed by atoms with Crippen molar-refractivity contribution in [1.82, 2.24) is 4.57 Å². The Bertz CT molecular complexity index is 750. The second kappa shape index (κ2) is 6.23. The molecule has 1 aromatic heterocycles. The van der Waals surface area contributed by atoms with Crippen molar-refractivity contribution in [1.29, 1.82) is 0 Å². The van der Waals surface area contributed by atoms with Crippen molar-refractivity contribution in [3.8, 4) is 5.75 Å². The van der Waals surface area contributed by atoms with Crippen LogP contribution in [-0.2, 0) is 7.05 Å². The monoisotopic (exact) mass is 320 g/mol. The molecule has 2 N–H and O–H groups in total. The van der Waals surface area contributed by atoms with Gasteiger partial charge in [-0.1, -0.05) is 11.6 Å². The number of carbonyl (C=O) groups excluding carboxylic acids is 2. The van der Waals surface area contributed by atoms with Crippen molar-refractivity contribution >= 4 is 23.3 Å². The highest BCUT2D eigenvalue weighted by Gasteiger charge is 2.16. The van der Waals surface area contributed by atoms with E-state index in [1.165, 1.54) is 12.1 Å². The Morgan fingerprint density at radius 3 is 2.45 bits per heavy atom. The number of rotatable bonds is 5. The highest BCUT2D eigenvalue weighted by atomic mass is 35.5. The Morgan fingerprint density at radius 1 is 1.23 bits per heavy atom. The van der Waals surface area contributed by atoms with E-state index in [9.17, 15) is 9.59 Å². The van der Waals surface area contributed by atoms with Crippen LogP contribution in [-0.4, -0.2) is 22.9 Å². The summed E-state index contributed by atoms with van der Waals surface area (Å²) in [5, 5.41) is 0.377. The number of aromatic nitrogens is 1. The van der Waals surface area contributed by atoms with Gasteiger partial charge in [0.15, 0.2) is 6.61 Å². The number of halogens is 1. The van der Waals surface area contributed by atoms with Gasteiger partial charge in [0.1, 0.15) is 5.75 Å². The molecule has 0 saturated heterocycles. The zero-order valence-corrected chi connectivity index (χ0v) is 13.4. The third-order valence-electron chi connectivity index (χ3n) is 3.64. The molecule has 0 radical (unpaired) electrons. The smallest absolute Gasteiger partial charge is 0.252 e. The van der Waals surface area contributed by atoms with E-state index in [2.05, 4.69) is 0 Å². The molecule has 1 aromatic carbocycles. The van der Waals surface area contributed by atoms with Gasteiger partial charge in [-0.3, -0.25) is 9.59 Å². The van der Waals surface area contributed by atoms with Gasteiger partial charge in [0, 0.05) is 29.0 Å². The van der Waals surface area contributed by atoms with Crippen molar-refractivity contribution in [2.24, 2.45) is 12.8 Å². The van der Waals surface area contributed by atoms with Crippen LogP contribution in [0.1, 0.15) is 32.1 Å². The van der Waals surface area contributed by atoms with Crippen molar-refractivity contribution in [2.75, 3.05) is 6.61 Å². The van der Waals surface area contributed by atoms with Gasteiger partial charge in [-0.25, -0.2) is 0 Å². The minimum Gasteiger partial charge on any atom is -0.485 e. The van der Waals surface area contributed by atoms with Crippen LogP contribution >= 0.6 is 11.6 Å². The molecule has 0 fully saturated rings. The first-order valence-corrected chi connectivity index (χ1v) is 7.07. The van der Waals surface area contributed by atoms with Crippen molar-refractivity contribution in [3.63, 3.8) is 0 Å². The third kappa shape index (κ3) is 3.14. The fourth-order valence-corrected chi connectivity index (χ4v) is 2.35. The summed E-state index contributed by atoms with van der Waals surface area (Å²) in [5.41, 5.74) is 7.91. The summed E-state index contributed by atoms with van der Waals surface area (Å²) in [6.07, 6.45) is 0. The maximum Gasteiger partial charge on any atom is 0.252 e. The molecule has 116 valence electrons. The van der Waals surface area contributed by atoms with E-state index in [1.54, 1.807) is 6.07 Å². The zero-order valence-electron chi connectivity index (χ0n) is 12.6. The average molecular weight is 321 g/mol. The summed E-state index contributed by atoms with van der Waals surface area (Å²) in [6, 6.07) is 6.34. The van der Waals surface area contributed by atoms with Gasteiger partial charge in [-0.15, -0.1) is 0 Å². The average Bonchev–Trinajstić information content (AvgIpc) is 2.73. The Morgan fingerprint density at radius 2 is 1.91 bits per heavy atom. The van der Waals surface area contributed by atoms with Crippen LogP contribution in [0.5, 0.6) is 5.75 Å². The molecule has 2 aromatic rings. The predicted octanol–water partition coefficient (Wildman–Crippen LogP) is 2.66. The van der Waals surface area contributed by atoms with E-state index in [0.717, 1.165) is 11.4 Å². The van der Waals surface area contributed by atoms with Crippen molar-refractivity contribution in [3.05, 3.63) is 51.8 Å². The molecule has 0 aliphatic carbocycles. The van der Waals surface area contributed by atoms with Gasteiger partial charge < -0.3 is 15.0 Å². The maximum atomic E-state index is 12.3. The van der Waals surface area contributed by atoms with Crippen molar-refractivity contribution in [2.45, 2.75) is 13.8 Å². The predicted molar refractivity (Wildman–Crippen MR) is 84.7 cm³/mol. The molecule has 6 heteroatoms. The molecular formula is C16H17ClN2O3. The lowest BCUT2D eigenvalue weighted by atomic mass is 10.1. The van der Waals surface area contributed by atoms with Gasteiger partial charge in [0.05, 0.1) is 5.56 Å². The number of nitrogens with zero attached hydrogens (tertiary/aromatic N) is 1. The zero-order chi connectivity index (χ0) is 16.4. The lowest BCUT2D eigenvalue weighted by Gasteiger charge is -2.09. The van der Waals surface area contributed by atoms with Gasteiger partial charge in [-0.05, 0) is 38.1 Å². The largest absolute Gasteiger partial charge is 0.485 e. The molecule has 22 heavy (non-hydrogen) atoms. The molecule has 0 spiro atoms. The number of amides is 1. The molecule has 0 bridgehead atoms. The lowest BCUT2D eigenvalue weighted by Crippen LogP contribution is -2.17. The first kappa shape index (κ1) is 16.1. The number of benzene rings is 1. The molecule has 0 saturated carbocycles. The summed E-state index contributed by atoms with van der Waals surface area (Å²) in [7, 11) is 1.90. The van der Waals surface area contributed by atoms with Gasteiger partial charge in [0.2, 0.25) is 5.78 Å². The second-order valence-electron chi connectivity index (χ2n) is 5.06. The number of carbonyl (C=O) groups is 2. The Labute approximate surface area is 133 Å². The summed E-state index contributed by atoms with van der Waals surface area (Å²) in [4.78, 5) is 23.7. The van der Waals surface area contributed by atoms with E-state index < -0.39 is 5.91 Å². The molecule has 1 amide bonds. The first-order valence-electron chi connectivity index (χ1n) is 6.69. The maximum absolute atomic E-state index is 12.3. The van der Waals surface area contributed by atoms with E-state index in [1.807, 2.05) is 31.5 Å². The molecule has 0 atom stereocenters. The number of ketones is 1. The molecule has 1 heterocycles. The Balaban J connectivity index is 2.18. The SMILES string of the molecule is Cc1cc(C(=O)COc2ccc(Cl)cc2C(N)=O)c(C)n1C. The summed E-state index contributed by atoms with van der Waals surface area (Å²) in [6.45, 7) is 3.62. The topological polar surface area (TPSA) is 74.3 Å². The van der Waals surface area contributed by atoms with E-state index >= 15 is 0 Å². The van der Waals surface area contributed by atoms with E-state index in [4.69, 9.17) is 22.1 Å². The van der Waals surface area contributed by atoms with Gasteiger partial charge >= 0.3 is 0 Å². The van der Waals surface area contributed by atoms with Crippen LogP contribution in [0.15, 0.2) is 24.3 Å².